The van der Waals surface area contributed by atoms with Gasteiger partial charge in [-0.3, -0.25) is 19.2 Å². The molecule has 4 N–H and O–H groups in total. The van der Waals surface area contributed by atoms with E-state index in [1.54, 1.807) is 33.8 Å². The minimum atomic E-state index is -1.35. The van der Waals surface area contributed by atoms with Gasteiger partial charge in [-0.25, -0.2) is 4.79 Å². The van der Waals surface area contributed by atoms with E-state index in [4.69, 9.17) is 15.2 Å². The van der Waals surface area contributed by atoms with E-state index < -0.39 is 53.9 Å². The maximum Gasteiger partial charge on any atom is 0.408 e. The molecular weight excluding hydrogens is 504 g/mol. The Labute approximate surface area is 231 Å². The maximum atomic E-state index is 13.9. The fraction of sp³-hybridized carbons (Fsp3) is 0.607. The number of aryl methyl sites for hydroxylation is 2. The summed E-state index contributed by atoms with van der Waals surface area (Å²) in [6.45, 7) is 12.9. The lowest BCUT2D eigenvalue weighted by Crippen LogP contribution is -2.54. The summed E-state index contributed by atoms with van der Waals surface area (Å²) < 4.78 is 10.2. The second-order valence-electron chi connectivity index (χ2n) is 10.3. The van der Waals surface area contributed by atoms with Gasteiger partial charge in [0.2, 0.25) is 17.7 Å². The van der Waals surface area contributed by atoms with Gasteiger partial charge in [-0.05, 0) is 64.7 Å². The number of alkyl carbamates (subject to hydrolysis) is 1. The van der Waals surface area contributed by atoms with Gasteiger partial charge < -0.3 is 30.7 Å². The highest BCUT2D eigenvalue weighted by molar-refractivity contribution is 5.94. The molecule has 0 saturated carbocycles. The van der Waals surface area contributed by atoms with E-state index in [2.05, 4.69) is 10.6 Å². The van der Waals surface area contributed by atoms with E-state index in [1.165, 1.54) is 4.90 Å². The Morgan fingerprint density at radius 2 is 1.72 bits per heavy atom. The topological polar surface area (TPSA) is 157 Å². The van der Waals surface area contributed by atoms with Crippen molar-refractivity contribution in [2.75, 3.05) is 19.7 Å². The van der Waals surface area contributed by atoms with E-state index >= 15 is 0 Å². The van der Waals surface area contributed by atoms with Crippen molar-refractivity contribution < 1.29 is 33.4 Å². The van der Waals surface area contributed by atoms with Gasteiger partial charge in [0.05, 0.1) is 19.4 Å². The Hall–Kier alpha value is -3.63. The van der Waals surface area contributed by atoms with Gasteiger partial charge in [-0.1, -0.05) is 31.5 Å². The SMILES string of the molecule is CCCCN(C(=O)C(CC(N)=O)NC(=O)OC(C)(C)C)C(C(=O)NCCC(=O)OCC)c1ccc(C)c(C)c1. The van der Waals surface area contributed by atoms with Crippen molar-refractivity contribution in [3.63, 3.8) is 0 Å². The Kier molecular flexibility index (Phi) is 13.4. The first-order valence-corrected chi connectivity index (χ1v) is 13.3. The zero-order valence-electron chi connectivity index (χ0n) is 24.2. The Morgan fingerprint density at radius 3 is 2.26 bits per heavy atom. The summed E-state index contributed by atoms with van der Waals surface area (Å²) in [6, 6.07) is 2.99. The number of nitrogens with two attached hydrogens (primary N) is 1. The second-order valence-corrected chi connectivity index (χ2v) is 10.3. The van der Waals surface area contributed by atoms with Crippen molar-refractivity contribution >= 4 is 29.8 Å². The molecule has 2 atom stereocenters. The van der Waals surface area contributed by atoms with Crippen molar-refractivity contribution in [3.8, 4) is 0 Å². The monoisotopic (exact) mass is 548 g/mol. The van der Waals surface area contributed by atoms with Gasteiger partial charge in [-0.15, -0.1) is 0 Å². The summed E-state index contributed by atoms with van der Waals surface area (Å²) in [5.41, 5.74) is 7.04. The number of ether oxygens (including phenoxy) is 2. The summed E-state index contributed by atoms with van der Waals surface area (Å²) in [4.78, 5) is 65.0. The van der Waals surface area contributed by atoms with E-state index in [0.29, 0.717) is 18.4 Å². The quantitative estimate of drug-likeness (QED) is 0.302. The molecule has 218 valence electrons. The molecule has 0 fully saturated rings. The Balaban J connectivity index is 3.46. The molecule has 0 heterocycles. The van der Waals surface area contributed by atoms with Crippen LogP contribution < -0.4 is 16.4 Å². The van der Waals surface area contributed by atoms with Gasteiger partial charge in [0, 0.05) is 13.1 Å². The van der Waals surface area contributed by atoms with Crippen LogP contribution in [0, 0.1) is 13.8 Å². The normalized spacial score (nSPS) is 12.6. The van der Waals surface area contributed by atoms with Gasteiger partial charge >= 0.3 is 12.1 Å². The molecule has 4 amide bonds. The van der Waals surface area contributed by atoms with Crippen LogP contribution in [0.4, 0.5) is 4.79 Å². The van der Waals surface area contributed by atoms with Crippen LogP contribution in [0.3, 0.4) is 0 Å². The van der Waals surface area contributed by atoms with Crippen molar-refractivity contribution in [2.24, 2.45) is 5.73 Å². The molecule has 0 saturated heterocycles. The maximum absolute atomic E-state index is 13.9. The summed E-state index contributed by atoms with van der Waals surface area (Å²) in [5.74, 6) is -2.43. The summed E-state index contributed by atoms with van der Waals surface area (Å²) in [7, 11) is 0. The van der Waals surface area contributed by atoms with Gasteiger partial charge in [0.15, 0.2) is 0 Å². The number of unbranched alkanes of at least 4 members (excludes halogenated alkanes) is 1. The lowest BCUT2D eigenvalue weighted by molar-refractivity contribution is -0.144. The first-order chi connectivity index (χ1) is 18.2. The number of rotatable bonds is 14. The van der Waals surface area contributed by atoms with E-state index in [-0.39, 0.29) is 26.1 Å². The molecule has 2 unspecified atom stereocenters. The smallest absolute Gasteiger partial charge is 0.408 e. The number of nitrogens with one attached hydrogen (secondary N) is 2. The van der Waals surface area contributed by atoms with Crippen molar-refractivity contribution in [2.45, 2.75) is 91.8 Å². The summed E-state index contributed by atoms with van der Waals surface area (Å²) >= 11 is 0. The van der Waals surface area contributed by atoms with Crippen LogP contribution in [0.2, 0.25) is 0 Å². The largest absolute Gasteiger partial charge is 0.466 e. The van der Waals surface area contributed by atoms with Crippen LogP contribution in [0.5, 0.6) is 0 Å². The number of nitrogens with zero attached hydrogens (tertiary/aromatic N) is 1. The number of carbonyl (C=O) groups excluding carboxylic acids is 5. The first kappa shape index (κ1) is 33.4. The summed E-state index contributed by atoms with van der Waals surface area (Å²) in [5, 5.41) is 5.18. The number of benzene rings is 1. The number of hydrogen-bond acceptors (Lipinski definition) is 7. The number of primary amides is 1. The molecule has 0 bridgehead atoms. The predicted molar refractivity (Wildman–Crippen MR) is 147 cm³/mol. The third-order valence-electron chi connectivity index (χ3n) is 5.77. The fourth-order valence-electron chi connectivity index (χ4n) is 3.77. The van der Waals surface area contributed by atoms with E-state index in [1.807, 2.05) is 32.9 Å². The van der Waals surface area contributed by atoms with Gasteiger partial charge in [0.25, 0.3) is 0 Å². The van der Waals surface area contributed by atoms with Crippen molar-refractivity contribution in [3.05, 3.63) is 34.9 Å². The number of esters is 1. The molecule has 11 heteroatoms. The highest BCUT2D eigenvalue weighted by Crippen LogP contribution is 2.26. The Morgan fingerprint density at radius 1 is 1.05 bits per heavy atom. The second kappa shape index (κ2) is 15.7. The molecule has 1 aromatic rings. The van der Waals surface area contributed by atoms with Gasteiger partial charge in [-0.2, -0.15) is 0 Å². The van der Waals surface area contributed by atoms with Crippen molar-refractivity contribution in [1.82, 2.24) is 15.5 Å². The standard InChI is InChI=1S/C28H44N4O7/c1-8-10-15-32(26(36)21(17-22(29)33)31-27(37)39-28(5,6)7)24(20-12-11-18(3)19(4)16-20)25(35)30-14-13-23(34)38-9-2/h11-12,16,21,24H,8-10,13-15,17H2,1-7H3,(H2,29,33)(H,30,35)(H,31,37). The zero-order chi connectivity index (χ0) is 29.8. The molecular formula is C28H44N4O7. The molecule has 0 aliphatic heterocycles. The van der Waals surface area contributed by atoms with Crippen LogP contribution in [0.25, 0.3) is 0 Å². The average molecular weight is 549 g/mol. The van der Waals surface area contributed by atoms with E-state index in [9.17, 15) is 24.0 Å². The predicted octanol–water partition coefficient (Wildman–Crippen LogP) is 2.81. The van der Waals surface area contributed by atoms with Crippen LogP contribution >= 0.6 is 0 Å². The van der Waals surface area contributed by atoms with E-state index in [0.717, 1.165) is 11.1 Å². The number of carbonyl (C=O) groups is 5. The molecule has 0 spiro atoms. The number of hydrogen-bond donors (Lipinski definition) is 3. The molecule has 1 rings (SSSR count). The highest BCUT2D eigenvalue weighted by atomic mass is 16.6. The molecule has 11 nitrogen and oxygen atoms in total. The van der Waals surface area contributed by atoms with Gasteiger partial charge in [0.1, 0.15) is 17.7 Å². The molecule has 0 aliphatic rings. The summed E-state index contributed by atoms with van der Waals surface area (Å²) in [6.07, 6.45) is -0.135. The molecule has 39 heavy (non-hydrogen) atoms. The lowest BCUT2D eigenvalue weighted by atomic mass is 9.97. The third kappa shape index (κ3) is 11.7. The molecule has 1 aromatic carbocycles. The highest BCUT2D eigenvalue weighted by Gasteiger charge is 2.36. The number of amides is 4. The van der Waals surface area contributed by atoms with Crippen LogP contribution in [0.15, 0.2) is 18.2 Å². The minimum absolute atomic E-state index is 0.00961. The van der Waals surface area contributed by atoms with Crippen LogP contribution in [-0.4, -0.2) is 66.0 Å². The fourth-order valence-corrected chi connectivity index (χ4v) is 3.77. The average Bonchev–Trinajstić information content (AvgIpc) is 2.81. The Bertz CT molecular complexity index is 1020. The molecule has 0 aromatic heterocycles. The molecule has 0 aliphatic carbocycles. The third-order valence-corrected chi connectivity index (χ3v) is 5.77. The minimum Gasteiger partial charge on any atom is -0.466 e. The lowest BCUT2D eigenvalue weighted by Gasteiger charge is -2.34. The molecule has 0 radical (unpaired) electrons. The first-order valence-electron chi connectivity index (χ1n) is 13.3. The van der Waals surface area contributed by atoms with Crippen molar-refractivity contribution in [1.29, 1.82) is 0 Å². The van der Waals surface area contributed by atoms with Crippen LogP contribution in [-0.2, 0) is 28.7 Å². The van der Waals surface area contributed by atoms with Crippen LogP contribution in [0.1, 0.15) is 83.0 Å². The zero-order valence-corrected chi connectivity index (χ0v) is 24.2.